The lowest BCUT2D eigenvalue weighted by molar-refractivity contribution is 0.189. The lowest BCUT2D eigenvalue weighted by Crippen LogP contribution is -2.49. The number of likely N-dealkylation sites (tertiary alicyclic amines) is 1. The topological polar surface area (TPSA) is 65.7 Å². The third-order valence-corrected chi connectivity index (χ3v) is 5.28. The number of rotatable bonds is 6. The van der Waals surface area contributed by atoms with Crippen LogP contribution in [0.15, 0.2) is 48.0 Å². The minimum absolute atomic E-state index is 0. The predicted octanol–water partition coefficient (Wildman–Crippen LogP) is 3.69. The number of benzene rings is 1. The van der Waals surface area contributed by atoms with E-state index < -0.39 is 0 Å². The highest BCUT2D eigenvalue weighted by Crippen LogP contribution is 2.27. The fourth-order valence-corrected chi connectivity index (χ4v) is 3.65. The molecule has 0 aliphatic carbocycles. The van der Waals surface area contributed by atoms with Crippen LogP contribution in [0.1, 0.15) is 38.3 Å². The lowest BCUT2D eigenvalue weighted by Gasteiger charge is -2.39. The van der Waals surface area contributed by atoms with Crippen molar-refractivity contribution in [1.29, 1.82) is 0 Å². The molecule has 2 N–H and O–H groups in total. The fraction of sp³-hybridized carbons (Fsp3) is 0.524. The molecule has 0 saturated carbocycles. The van der Waals surface area contributed by atoms with Crippen molar-refractivity contribution >= 4 is 29.9 Å². The number of nitrogens with zero attached hydrogens (tertiary/aromatic N) is 4. The van der Waals surface area contributed by atoms with E-state index in [1.54, 1.807) is 12.1 Å². The van der Waals surface area contributed by atoms with Crippen molar-refractivity contribution in [2.75, 3.05) is 26.2 Å². The first-order valence-corrected chi connectivity index (χ1v) is 9.96. The van der Waals surface area contributed by atoms with E-state index in [4.69, 9.17) is 4.99 Å². The van der Waals surface area contributed by atoms with E-state index in [1.807, 2.05) is 24.7 Å². The Morgan fingerprint density at radius 1 is 1.32 bits per heavy atom. The Kier molecular flexibility index (Phi) is 9.08. The largest absolute Gasteiger partial charge is 0.508 e. The molecule has 0 spiro atoms. The summed E-state index contributed by atoms with van der Waals surface area (Å²) in [6, 6.07) is 7.88. The van der Waals surface area contributed by atoms with Crippen molar-refractivity contribution in [3.8, 4) is 5.75 Å². The molecule has 2 atom stereocenters. The minimum atomic E-state index is 0. The number of guanidine groups is 1. The summed E-state index contributed by atoms with van der Waals surface area (Å²) in [4.78, 5) is 11.5. The number of aromatic hydroxyl groups is 1. The summed E-state index contributed by atoms with van der Waals surface area (Å²) >= 11 is 0. The number of aromatic nitrogens is 2. The van der Waals surface area contributed by atoms with E-state index >= 15 is 0 Å². The molecule has 0 bridgehead atoms. The van der Waals surface area contributed by atoms with Crippen LogP contribution in [0.2, 0.25) is 0 Å². The molecule has 2 heterocycles. The minimum Gasteiger partial charge on any atom is -0.508 e. The quantitative estimate of drug-likeness (QED) is 0.277. The second-order valence-corrected chi connectivity index (χ2v) is 7.29. The number of aryl methyl sites for hydroxylation is 1. The zero-order chi connectivity index (χ0) is 19.1. The number of aliphatic imine (C=N–C) groups is 1. The van der Waals surface area contributed by atoms with Crippen molar-refractivity contribution in [2.45, 2.75) is 39.2 Å². The summed E-state index contributed by atoms with van der Waals surface area (Å²) in [6.07, 6.45) is 8.96. The molecule has 0 amide bonds. The van der Waals surface area contributed by atoms with E-state index in [-0.39, 0.29) is 24.0 Å². The molecule has 28 heavy (non-hydrogen) atoms. The number of piperidine rings is 1. The van der Waals surface area contributed by atoms with Crippen LogP contribution in [0.4, 0.5) is 0 Å². The van der Waals surface area contributed by atoms with Gasteiger partial charge in [0.2, 0.25) is 0 Å². The fourth-order valence-electron chi connectivity index (χ4n) is 3.65. The average Bonchev–Trinajstić information content (AvgIpc) is 3.21. The summed E-state index contributed by atoms with van der Waals surface area (Å²) in [6.45, 7) is 8.11. The Morgan fingerprint density at radius 2 is 2.11 bits per heavy atom. The van der Waals surface area contributed by atoms with Gasteiger partial charge < -0.3 is 19.9 Å². The van der Waals surface area contributed by atoms with Gasteiger partial charge in [-0.2, -0.15) is 0 Å². The summed E-state index contributed by atoms with van der Waals surface area (Å²) in [5, 5.41) is 12.8. The van der Waals surface area contributed by atoms with Crippen molar-refractivity contribution in [2.24, 2.45) is 10.9 Å². The predicted molar refractivity (Wildman–Crippen MR) is 124 cm³/mol. The Labute approximate surface area is 185 Å². The second kappa shape index (κ2) is 11.3. The first-order chi connectivity index (χ1) is 13.2. The van der Waals surface area contributed by atoms with Crippen LogP contribution in [0, 0.1) is 5.92 Å². The molecule has 154 valence electrons. The molecule has 1 aliphatic rings. The maximum atomic E-state index is 9.37. The summed E-state index contributed by atoms with van der Waals surface area (Å²) in [5.41, 5.74) is 1.24. The molecule has 3 rings (SSSR count). The highest BCUT2D eigenvalue weighted by atomic mass is 127. The van der Waals surface area contributed by atoms with Gasteiger partial charge in [0.15, 0.2) is 5.96 Å². The average molecular weight is 497 g/mol. The number of imidazole rings is 1. The molecule has 1 aromatic heterocycles. The normalized spacial score (nSPS) is 19.9. The number of phenols is 1. The SMILES string of the molecule is CCNC(=NCCCc1ccc(O)cc1)N1CCC(C)C(n2ccnc2)C1.I. The van der Waals surface area contributed by atoms with Crippen LogP contribution < -0.4 is 5.32 Å². The van der Waals surface area contributed by atoms with Gasteiger partial charge in [-0.25, -0.2) is 4.98 Å². The van der Waals surface area contributed by atoms with Crippen molar-refractivity contribution in [1.82, 2.24) is 19.8 Å². The summed E-state index contributed by atoms with van der Waals surface area (Å²) in [7, 11) is 0. The van der Waals surface area contributed by atoms with Crippen molar-refractivity contribution in [3.05, 3.63) is 48.5 Å². The molecule has 1 aromatic carbocycles. The van der Waals surface area contributed by atoms with Gasteiger partial charge in [-0.15, -0.1) is 24.0 Å². The first kappa shape index (κ1) is 22.5. The molecule has 2 unspecified atom stereocenters. The van der Waals surface area contributed by atoms with Gasteiger partial charge in [0.25, 0.3) is 0 Å². The maximum Gasteiger partial charge on any atom is 0.193 e. The Bertz CT molecular complexity index is 717. The van der Waals surface area contributed by atoms with Gasteiger partial charge in [-0.3, -0.25) is 4.99 Å². The smallest absolute Gasteiger partial charge is 0.193 e. The number of halogens is 1. The van der Waals surface area contributed by atoms with Gasteiger partial charge >= 0.3 is 0 Å². The zero-order valence-corrected chi connectivity index (χ0v) is 19.1. The van der Waals surface area contributed by atoms with Crippen LogP contribution in [0.3, 0.4) is 0 Å². The van der Waals surface area contributed by atoms with Gasteiger partial charge in [-0.05, 0) is 49.8 Å². The monoisotopic (exact) mass is 497 g/mol. The molecular formula is C21H32IN5O. The van der Waals surface area contributed by atoms with E-state index in [0.717, 1.165) is 51.4 Å². The second-order valence-electron chi connectivity index (χ2n) is 7.29. The Balaban J connectivity index is 0.00000280. The van der Waals surface area contributed by atoms with Gasteiger partial charge in [-0.1, -0.05) is 19.1 Å². The molecule has 1 fully saturated rings. The Hall–Kier alpha value is -1.77. The highest BCUT2D eigenvalue weighted by molar-refractivity contribution is 14.0. The molecule has 0 radical (unpaired) electrons. The molecule has 1 saturated heterocycles. The third kappa shape index (κ3) is 6.12. The van der Waals surface area contributed by atoms with Crippen LogP contribution in [-0.4, -0.2) is 51.7 Å². The van der Waals surface area contributed by atoms with E-state index in [1.165, 1.54) is 5.56 Å². The van der Waals surface area contributed by atoms with Crippen LogP contribution >= 0.6 is 24.0 Å². The van der Waals surface area contributed by atoms with Crippen molar-refractivity contribution < 1.29 is 5.11 Å². The Morgan fingerprint density at radius 3 is 2.79 bits per heavy atom. The number of hydrogen-bond acceptors (Lipinski definition) is 3. The van der Waals surface area contributed by atoms with E-state index in [0.29, 0.717) is 17.7 Å². The third-order valence-electron chi connectivity index (χ3n) is 5.28. The zero-order valence-electron chi connectivity index (χ0n) is 16.8. The van der Waals surface area contributed by atoms with Crippen LogP contribution in [0.5, 0.6) is 5.75 Å². The number of hydrogen-bond donors (Lipinski definition) is 2. The maximum absolute atomic E-state index is 9.37. The van der Waals surface area contributed by atoms with E-state index in [2.05, 4.69) is 39.8 Å². The van der Waals surface area contributed by atoms with Crippen molar-refractivity contribution in [3.63, 3.8) is 0 Å². The summed E-state index contributed by atoms with van der Waals surface area (Å²) in [5.74, 6) is 1.96. The molecular weight excluding hydrogens is 465 g/mol. The lowest BCUT2D eigenvalue weighted by atomic mass is 9.93. The van der Waals surface area contributed by atoms with E-state index in [9.17, 15) is 5.11 Å². The molecule has 6 nitrogen and oxygen atoms in total. The van der Waals surface area contributed by atoms with Gasteiger partial charge in [0.05, 0.1) is 12.4 Å². The van der Waals surface area contributed by atoms with Gasteiger partial charge in [0.1, 0.15) is 5.75 Å². The van der Waals surface area contributed by atoms with Crippen LogP contribution in [0.25, 0.3) is 0 Å². The highest BCUT2D eigenvalue weighted by Gasteiger charge is 2.28. The molecule has 2 aromatic rings. The number of phenolic OH excluding ortho intramolecular Hbond substituents is 1. The van der Waals surface area contributed by atoms with Crippen LogP contribution in [-0.2, 0) is 6.42 Å². The molecule has 7 heteroatoms. The molecule has 1 aliphatic heterocycles. The number of nitrogens with one attached hydrogen (secondary N) is 1. The van der Waals surface area contributed by atoms with Gasteiger partial charge in [0, 0.05) is 38.6 Å². The summed E-state index contributed by atoms with van der Waals surface area (Å²) < 4.78 is 2.23. The standard InChI is InChI=1S/C21H31N5O.HI/c1-3-23-21(24-11-4-5-18-6-8-19(27)9-7-18)25-13-10-17(2)20(15-25)26-14-12-22-16-26;/h6-9,12,14,16-17,20,27H,3-5,10-11,13,15H2,1-2H3,(H,23,24);1H. The first-order valence-electron chi connectivity index (χ1n) is 9.96.